The highest BCUT2D eigenvalue weighted by Gasteiger charge is 2.18. The molecule has 1 aliphatic carbocycles. The standard InChI is InChI=1S/C25H35N7O3/c1-32-17-26-22-23(27-18-9-5-4-6-10-18)29-25(30-24(22)32)28-19-12-14-20(15-13-19)35-16-8-3-2-7-11-21(33)31-34/h12-15,17-18,34H,2-11,16H2,1H3,(H,31,33)(H2,27,28,29,30). The first kappa shape index (κ1) is 24.7. The average molecular weight is 482 g/mol. The lowest BCUT2D eigenvalue weighted by atomic mass is 9.95. The number of hydrogen-bond acceptors (Lipinski definition) is 8. The molecule has 3 aromatic rings. The molecule has 0 aliphatic heterocycles. The number of anilines is 3. The number of ether oxygens (including phenoxy) is 1. The van der Waals surface area contributed by atoms with Crippen LogP contribution < -0.4 is 20.9 Å². The highest BCUT2D eigenvalue weighted by molar-refractivity contribution is 5.84. The van der Waals surface area contributed by atoms with E-state index in [1.165, 1.54) is 19.3 Å². The summed E-state index contributed by atoms with van der Waals surface area (Å²) in [5.41, 5.74) is 4.12. The topological polar surface area (TPSA) is 126 Å². The van der Waals surface area contributed by atoms with Crippen LogP contribution in [0.15, 0.2) is 30.6 Å². The summed E-state index contributed by atoms with van der Waals surface area (Å²) in [4.78, 5) is 24.9. The van der Waals surface area contributed by atoms with Gasteiger partial charge in [0.25, 0.3) is 0 Å². The van der Waals surface area contributed by atoms with Crippen molar-refractivity contribution in [3.05, 3.63) is 30.6 Å². The molecule has 0 radical (unpaired) electrons. The molecular weight excluding hydrogens is 446 g/mol. The lowest BCUT2D eigenvalue weighted by Crippen LogP contribution is -2.23. The van der Waals surface area contributed by atoms with Crippen LogP contribution in [0.2, 0.25) is 0 Å². The van der Waals surface area contributed by atoms with Crippen molar-refractivity contribution in [1.29, 1.82) is 0 Å². The molecule has 0 unspecified atom stereocenters. The van der Waals surface area contributed by atoms with Crippen LogP contribution in [0.3, 0.4) is 0 Å². The van der Waals surface area contributed by atoms with Gasteiger partial charge in [-0.05, 0) is 49.9 Å². The first-order chi connectivity index (χ1) is 17.1. The highest BCUT2D eigenvalue weighted by atomic mass is 16.5. The third-order valence-electron chi connectivity index (χ3n) is 6.31. The van der Waals surface area contributed by atoms with E-state index in [9.17, 15) is 4.79 Å². The summed E-state index contributed by atoms with van der Waals surface area (Å²) in [5.74, 6) is 1.78. The van der Waals surface area contributed by atoms with Crippen molar-refractivity contribution in [2.45, 2.75) is 70.3 Å². The van der Waals surface area contributed by atoms with Crippen LogP contribution in [0.4, 0.5) is 17.5 Å². The average Bonchev–Trinajstić information content (AvgIpc) is 3.25. The third-order valence-corrected chi connectivity index (χ3v) is 6.31. The zero-order chi connectivity index (χ0) is 24.5. The number of unbranched alkanes of at least 4 members (excludes halogenated alkanes) is 3. The summed E-state index contributed by atoms with van der Waals surface area (Å²) < 4.78 is 7.74. The maximum absolute atomic E-state index is 11.0. The molecule has 0 atom stereocenters. The van der Waals surface area contributed by atoms with Crippen LogP contribution in [-0.4, -0.2) is 43.3 Å². The number of carbonyl (C=O) groups excluding carboxylic acids is 1. The molecule has 1 fully saturated rings. The van der Waals surface area contributed by atoms with E-state index in [2.05, 4.69) is 20.6 Å². The number of hydrogen-bond donors (Lipinski definition) is 4. The number of aryl methyl sites for hydroxylation is 1. The van der Waals surface area contributed by atoms with Gasteiger partial charge in [-0.15, -0.1) is 0 Å². The predicted octanol–water partition coefficient (Wildman–Crippen LogP) is 4.69. The van der Waals surface area contributed by atoms with Crippen LogP contribution in [0.1, 0.15) is 64.2 Å². The molecule has 10 nitrogen and oxygen atoms in total. The minimum Gasteiger partial charge on any atom is -0.494 e. The number of rotatable bonds is 12. The van der Waals surface area contributed by atoms with Crippen molar-refractivity contribution in [2.24, 2.45) is 7.05 Å². The molecular formula is C25H35N7O3. The molecule has 4 N–H and O–H groups in total. The second-order valence-electron chi connectivity index (χ2n) is 9.10. The number of imidazole rings is 1. The Morgan fingerprint density at radius 2 is 1.86 bits per heavy atom. The Bertz CT molecular complexity index is 1090. The van der Waals surface area contributed by atoms with E-state index >= 15 is 0 Å². The van der Waals surface area contributed by atoms with E-state index < -0.39 is 0 Å². The number of nitrogens with zero attached hydrogens (tertiary/aromatic N) is 4. The van der Waals surface area contributed by atoms with E-state index in [1.54, 1.807) is 11.8 Å². The minimum absolute atomic E-state index is 0.336. The van der Waals surface area contributed by atoms with Gasteiger partial charge in [0, 0.05) is 25.2 Å². The summed E-state index contributed by atoms with van der Waals surface area (Å²) in [7, 11) is 1.94. The second-order valence-corrected chi connectivity index (χ2v) is 9.10. The minimum atomic E-state index is -0.336. The van der Waals surface area contributed by atoms with Gasteiger partial charge in [0.1, 0.15) is 5.75 Å². The van der Waals surface area contributed by atoms with Crippen molar-refractivity contribution in [2.75, 3.05) is 17.2 Å². The van der Waals surface area contributed by atoms with Crippen LogP contribution in [0.25, 0.3) is 11.2 Å². The van der Waals surface area contributed by atoms with Gasteiger partial charge in [-0.1, -0.05) is 32.1 Å². The van der Waals surface area contributed by atoms with Gasteiger partial charge in [-0.2, -0.15) is 9.97 Å². The van der Waals surface area contributed by atoms with Crippen LogP contribution in [-0.2, 0) is 11.8 Å². The Morgan fingerprint density at radius 3 is 2.63 bits per heavy atom. The SMILES string of the molecule is Cn1cnc2c(NC3CCCCC3)nc(Nc3ccc(OCCCCCCC(=O)NO)cc3)nc21. The molecule has 0 bridgehead atoms. The van der Waals surface area contributed by atoms with E-state index in [-0.39, 0.29) is 5.91 Å². The number of aromatic nitrogens is 4. The monoisotopic (exact) mass is 481 g/mol. The fourth-order valence-corrected chi connectivity index (χ4v) is 4.35. The maximum Gasteiger partial charge on any atom is 0.243 e. The number of fused-ring (bicyclic) bond motifs is 1. The van der Waals surface area contributed by atoms with Gasteiger partial charge < -0.3 is 19.9 Å². The Labute approximate surface area is 205 Å². The first-order valence-corrected chi connectivity index (χ1v) is 12.5. The van der Waals surface area contributed by atoms with Gasteiger partial charge in [0.2, 0.25) is 11.9 Å². The number of benzene rings is 1. The lowest BCUT2D eigenvalue weighted by molar-refractivity contribution is -0.129. The van der Waals surface area contributed by atoms with Crippen LogP contribution >= 0.6 is 0 Å². The smallest absolute Gasteiger partial charge is 0.243 e. The highest BCUT2D eigenvalue weighted by Crippen LogP contribution is 2.27. The molecule has 1 aromatic carbocycles. The van der Waals surface area contributed by atoms with Gasteiger partial charge in [-0.3, -0.25) is 10.0 Å². The van der Waals surface area contributed by atoms with Gasteiger partial charge >= 0.3 is 0 Å². The summed E-state index contributed by atoms with van der Waals surface area (Å²) in [5, 5.41) is 15.4. The van der Waals surface area contributed by atoms with E-state index in [0.29, 0.717) is 25.0 Å². The molecule has 10 heteroatoms. The molecule has 35 heavy (non-hydrogen) atoms. The molecule has 1 amide bonds. The first-order valence-electron chi connectivity index (χ1n) is 12.5. The van der Waals surface area contributed by atoms with E-state index in [4.69, 9.17) is 14.9 Å². The number of carbonyl (C=O) groups is 1. The summed E-state index contributed by atoms with van der Waals surface area (Å²) >= 11 is 0. The van der Waals surface area contributed by atoms with E-state index in [0.717, 1.165) is 66.9 Å². The van der Waals surface area contributed by atoms with Crippen LogP contribution in [0, 0.1) is 0 Å². The fraction of sp³-hybridized carbons (Fsp3) is 0.520. The largest absolute Gasteiger partial charge is 0.494 e. The number of amides is 1. The van der Waals surface area contributed by atoms with E-state index in [1.807, 2.05) is 35.9 Å². The Morgan fingerprint density at radius 1 is 1.09 bits per heavy atom. The normalized spacial score (nSPS) is 14.1. The zero-order valence-electron chi connectivity index (χ0n) is 20.3. The molecule has 2 aromatic heterocycles. The van der Waals surface area contributed by atoms with Crippen molar-refractivity contribution in [3.63, 3.8) is 0 Å². The second kappa shape index (κ2) is 12.3. The quantitative estimate of drug-likeness (QED) is 0.167. The van der Waals surface area contributed by atoms with Crippen molar-refractivity contribution in [1.82, 2.24) is 25.0 Å². The Balaban J connectivity index is 1.31. The molecule has 1 saturated carbocycles. The van der Waals surface area contributed by atoms with Crippen molar-refractivity contribution >= 4 is 34.5 Å². The summed E-state index contributed by atoms with van der Waals surface area (Å²) in [6.45, 7) is 0.620. The van der Waals surface area contributed by atoms with Gasteiger partial charge in [0.15, 0.2) is 17.0 Å². The molecule has 188 valence electrons. The van der Waals surface area contributed by atoms with Crippen molar-refractivity contribution in [3.8, 4) is 5.75 Å². The number of nitrogens with one attached hydrogen (secondary N) is 3. The Kier molecular flexibility index (Phi) is 8.72. The van der Waals surface area contributed by atoms with Crippen molar-refractivity contribution < 1.29 is 14.7 Å². The third kappa shape index (κ3) is 7.05. The lowest BCUT2D eigenvalue weighted by Gasteiger charge is -2.23. The van der Waals surface area contributed by atoms with Crippen LogP contribution in [0.5, 0.6) is 5.75 Å². The zero-order valence-corrected chi connectivity index (χ0v) is 20.3. The molecule has 1 aliphatic rings. The fourth-order valence-electron chi connectivity index (χ4n) is 4.35. The van der Waals surface area contributed by atoms with Gasteiger partial charge in [0.05, 0.1) is 12.9 Å². The molecule has 0 spiro atoms. The molecule has 2 heterocycles. The predicted molar refractivity (Wildman–Crippen MR) is 135 cm³/mol. The molecule has 4 rings (SSSR count). The Hall–Kier alpha value is -3.40. The number of hydroxylamine groups is 1. The van der Waals surface area contributed by atoms with Gasteiger partial charge in [-0.25, -0.2) is 10.5 Å². The maximum atomic E-state index is 11.0. The summed E-state index contributed by atoms with van der Waals surface area (Å²) in [6, 6.07) is 8.19. The molecule has 0 saturated heterocycles. The summed E-state index contributed by atoms with van der Waals surface area (Å²) in [6.07, 6.45) is 11.8.